The molecule has 6 heteroatoms. The first-order valence-electron chi connectivity index (χ1n) is 3.65. The first-order valence-corrected chi connectivity index (χ1v) is 4.02. The third-order valence-electron chi connectivity index (χ3n) is 1.74. The summed E-state index contributed by atoms with van der Waals surface area (Å²) in [5.41, 5.74) is -1.13. The van der Waals surface area contributed by atoms with Gasteiger partial charge in [0.2, 0.25) is 0 Å². The minimum Gasteiger partial charge on any atom is -0.391 e. The van der Waals surface area contributed by atoms with Crippen LogP contribution in [0.4, 0.5) is 8.78 Å². The zero-order chi connectivity index (χ0) is 10.9. The molecule has 0 aromatic carbocycles. The van der Waals surface area contributed by atoms with E-state index in [0.29, 0.717) is 0 Å². The van der Waals surface area contributed by atoms with E-state index >= 15 is 0 Å². The van der Waals surface area contributed by atoms with Crippen molar-refractivity contribution in [2.75, 3.05) is 0 Å². The van der Waals surface area contributed by atoms with Crippen LogP contribution in [-0.2, 0) is 4.79 Å². The Morgan fingerprint density at radius 1 is 1.54 bits per heavy atom. The van der Waals surface area contributed by atoms with Crippen molar-refractivity contribution >= 4 is 17.5 Å². The molecule has 1 amide bonds. The number of aliphatic hydroxyl groups excluding tert-OH is 1. The Morgan fingerprint density at radius 2 is 1.92 bits per heavy atom. The van der Waals surface area contributed by atoms with E-state index in [1.54, 1.807) is 0 Å². The van der Waals surface area contributed by atoms with Crippen molar-refractivity contribution in [1.82, 2.24) is 5.32 Å². The molecule has 0 bridgehead atoms. The third kappa shape index (κ3) is 3.87. The average molecular weight is 216 g/mol. The second-order valence-electron chi connectivity index (χ2n) is 3.35. The van der Waals surface area contributed by atoms with Gasteiger partial charge >= 0.3 is 11.3 Å². The van der Waals surface area contributed by atoms with Crippen LogP contribution < -0.4 is 5.32 Å². The molecular formula is C7H12ClF2NO2. The smallest absolute Gasteiger partial charge is 0.391 e. The molecule has 13 heavy (non-hydrogen) atoms. The number of hydrogen-bond donors (Lipinski definition) is 2. The minimum atomic E-state index is -3.94. The van der Waals surface area contributed by atoms with Crippen LogP contribution in [0.1, 0.15) is 20.8 Å². The van der Waals surface area contributed by atoms with E-state index in [1.165, 1.54) is 20.8 Å². The molecule has 1 unspecified atom stereocenters. The number of rotatable bonds is 3. The Bertz CT molecular complexity index is 201. The van der Waals surface area contributed by atoms with Gasteiger partial charge in [0.05, 0.1) is 11.6 Å². The lowest BCUT2D eigenvalue weighted by molar-refractivity contribution is -0.138. The highest BCUT2D eigenvalue weighted by atomic mass is 35.5. The van der Waals surface area contributed by atoms with Gasteiger partial charge in [0.1, 0.15) is 0 Å². The number of aliphatic hydroxyl groups is 1. The lowest BCUT2D eigenvalue weighted by Crippen LogP contribution is -2.54. The van der Waals surface area contributed by atoms with Crippen molar-refractivity contribution in [1.29, 1.82) is 0 Å². The summed E-state index contributed by atoms with van der Waals surface area (Å²) in [6.45, 7) is 4.21. The van der Waals surface area contributed by atoms with Gasteiger partial charge in [-0.15, -0.1) is 0 Å². The molecule has 3 nitrogen and oxygen atoms in total. The summed E-state index contributed by atoms with van der Waals surface area (Å²) in [7, 11) is 0. The lowest BCUT2D eigenvalue weighted by atomic mass is 9.99. The molecule has 0 heterocycles. The molecule has 0 radical (unpaired) electrons. The number of halogens is 3. The summed E-state index contributed by atoms with van der Waals surface area (Å²) in [4.78, 5) is 10.7. The molecular weight excluding hydrogens is 204 g/mol. The van der Waals surface area contributed by atoms with Gasteiger partial charge in [0.15, 0.2) is 0 Å². The van der Waals surface area contributed by atoms with E-state index < -0.39 is 22.9 Å². The predicted octanol–water partition coefficient (Wildman–Crippen LogP) is 1.09. The van der Waals surface area contributed by atoms with E-state index in [1.807, 2.05) is 5.32 Å². The van der Waals surface area contributed by atoms with Crippen LogP contribution in [0.5, 0.6) is 0 Å². The molecule has 0 spiro atoms. The van der Waals surface area contributed by atoms with Crippen LogP contribution in [0.15, 0.2) is 0 Å². The summed E-state index contributed by atoms with van der Waals surface area (Å²) in [5, 5.41) is 7.08. The van der Waals surface area contributed by atoms with E-state index in [0.717, 1.165) is 0 Å². The second kappa shape index (κ2) is 3.75. The largest absolute Gasteiger partial charge is 0.399 e. The highest BCUT2D eigenvalue weighted by Gasteiger charge is 2.40. The van der Waals surface area contributed by atoms with E-state index in [-0.39, 0.29) is 0 Å². The number of nitrogens with one attached hydrogen (secondary N) is 1. The number of carbonyl (C=O) groups is 1. The standard InChI is InChI=1S/C7H12ClF2NO2/c1-4(12)6(2,3)11-5(13)7(8,9)10/h4,12H,1-3H3,(H,11,13). The summed E-state index contributed by atoms with van der Waals surface area (Å²) in [5.74, 6) is -1.61. The topological polar surface area (TPSA) is 49.3 Å². The normalized spacial score (nSPS) is 15.3. The van der Waals surface area contributed by atoms with Crippen molar-refractivity contribution in [2.24, 2.45) is 0 Å². The lowest BCUT2D eigenvalue weighted by Gasteiger charge is -2.29. The molecule has 0 saturated carbocycles. The van der Waals surface area contributed by atoms with Crippen LogP contribution in [0, 0.1) is 0 Å². The molecule has 0 rings (SSSR count). The average Bonchev–Trinajstić information content (AvgIpc) is 1.83. The van der Waals surface area contributed by atoms with E-state index in [9.17, 15) is 13.6 Å². The van der Waals surface area contributed by atoms with Crippen LogP contribution in [0.25, 0.3) is 0 Å². The maximum atomic E-state index is 12.2. The highest BCUT2D eigenvalue weighted by molar-refractivity contribution is 6.32. The zero-order valence-corrected chi connectivity index (χ0v) is 8.32. The molecule has 78 valence electrons. The maximum absolute atomic E-state index is 12.2. The number of amides is 1. The highest BCUT2D eigenvalue weighted by Crippen LogP contribution is 2.20. The summed E-state index contributed by atoms with van der Waals surface area (Å²) >= 11 is 4.47. The monoisotopic (exact) mass is 215 g/mol. The van der Waals surface area contributed by atoms with Gasteiger partial charge in [-0.05, 0) is 32.4 Å². The van der Waals surface area contributed by atoms with E-state index in [4.69, 9.17) is 5.11 Å². The Labute approximate surface area is 80.1 Å². The van der Waals surface area contributed by atoms with Gasteiger partial charge in [-0.3, -0.25) is 4.79 Å². The summed E-state index contributed by atoms with van der Waals surface area (Å²) in [6, 6.07) is 0. The minimum absolute atomic E-state index is 0.949. The van der Waals surface area contributed by atoms with Gasteiger partial charge in [-0.1, -0.05) is 0 Å². The zero-order valence-electron chi connectivity index (χ0n) is 7.57. The first-order chi connectivity index (χ1) is 5.57. The third-order valence-corrected chi connectivity index (χ3v) is 1.91. The Balaban J connectivity index is 4.38. The Hall–Kier alpha value is -0.420. The van der Waals surface area contributed by atoms with Crippen LogP contribution in [0.2, 0.25) is 0 Å². The van der Waals surface area contributed by atoms with Crippen molar-refractivity contribution in [2.45, 2.75) is 37.8 Å². The Kier molecular flexibility index (Phi) is 3.63. The summed E-state index contributed by atoms with van der Waals surface area (Å²) in [6.07, 6.45) is -0.949. The molecule has 2 N–H and O–H groups in total. The Morgan fingerprint density at radius 3 is 2.15 bits per heavy atom. The SMILES string of the molecule is CC(O)C(C)(C)NC(=O)C(F)(F)Cl. The fourth-order valence-electron chi connectivity index (χ4n) is 0.468. The van der Waals surface area contributed by atoms with Crippen molar-refractivity contribution in [3.8, 4) is 0 Å². The van der Waals surface area contributed by atoms with Crippen LogP contribution in [-0.4, -0.2) is 28.0 Å². The fourth-order valence-corrected chi connectivity index (χ4v) is 0.515. The fraction of sp³-hybridized carbons (Fsp3) is 0.857. The quantitative estimate of drug-likeness (QED) is 0.693. The second-order valence-corrected chi connectivity index (χ2v) is 3.82. The van der Waals surface area contributed by atoms with Gasteiger partial charge in [0.25, 0.3) is 0 Å². The van der Waals surface area contributed by atoms with Crippen molar-refractivity contribution in [3.05, 3.63) is 0 Å². The molecule has 0 aromatic rings. The van der Waals surface area contributed by atoms with Crippen molar-refractivity contribution < 1.29 is 18.7 Å². The number of alkyl halides is 3. The maximum Gasteiger partial charge on any atom is 0.399 e. The van der Waals surface area contributed by atoms with Gasteiger partial charge in [0, 0.05) is 0 Å². The van der Waals surface area contributed by atoms with E-state index in [2.05, 4.69) is 11.6 Å². The molecule has 0 aliphatic rings. The molecule has 0 fully saturated rings. The van der Waals surface area contributed by atoms with Crippen LogP contribution in [0.3, 0.4) is 0 Å². The van der Waals surface area contributed by atoms with Gasteiger partial charge in [-0.2, -0.15) is 8.78 Å². The summed E-state index contributed by atoms with van der Waals surface area (Å²) < 4.78 is 24.4. The molecule has 1 atom stereocenters. The number of hydrogen-bond acceptors (Lipinski definition) is 2. The number of carbonyl (C=O) groups excluding carboxylic acids is 1. The van der Waals surface area contributed by atoms with Gasteiger partial charge in [-0.25, -0.2) is 0 Å². The van der Waals surface area contributed by atoms with Gasteiger partial charge < -0.3 is 10.4 Å². The van der Waals surface area contributed by atoms with Crippen molar-refractivity contribution in [3.63, 3.8) is 0 Å². The molecule has 0 aliphatic carbocycles. The first kappa shape index (κ1) is 12.6. The predicted molar refractivity (Wildman–Crippen MR) is 44.7 cm³/mol. The van der Waals surface area contributed by atoms with Crippen LogP contribution >= 0.6 is 11.6 Å². The molecule has 0 aromatic heterocycles. The molecule has 0 aliphatic heterocycles. The molecule has 0 saturated heterocycles.